The number of halogens is 1. The van der Waals surface area contributed by atoms with Crippen LogP contribution in [0.5, 0.6) is 0 Å². The van der Waals surface area contributed by atoms with E-state index in [9.17, 15) is 15.0 Å². The Labute approximate surface area is 139 Å². The molecular weight excluding hydrogens is 383 g/mol. The predicted molar refractivity (Wildman–Crippen MR) is 87.2 cm³/mol. The maximum absolute atomic E-state index is 12.0. The lowest BCUT2D eigenvalue weighted by Crippen LogP contribution is -2.62. The third-order valence-corrected chi connectivity index (χ3v) is 7.13. The zero-order valence-electron chi connectivity index (χ0n) is 12.6. The summed E-state index contributed by atoms with van der Waals surface area (Å²) in [6.45, 7) is 2.53. The standard InChI is InChI=1S/C16H25IO4/c1-2-12(17)13(19)21-10-15-4-11-3-14(6-15,9-18)7-16(20,5-11)8-15/h11-12,18,20H,2-10H2,1H3. The van der Waals surface area contributed by atoms with Crippen LogP contribution >= 0.6 is 22.6 Å². The molecule has 5 atom stereocenters. The van der Waals surface area contributed by atoms with E-state index in [2.05, 4.69) is 22.6 Å². The Balaban J connectivity index is 1.74. The van der Waals surface area contributed by atoms with Crippen LogP contribution in [0.25, 0.3) is 0 Å². The van der Waals surface area contributed by atoms with Crippen LogP contribution in [0.2, 0.25) is 0 Å². The lowest BCUT2D eigenvalue weighted by atomic mass is 9.43. The van der Waals surface area contributed by atoms with Gasteiger partial charge in [0.1, 0.15) is 3.92 Å². The molecule has 0 saturated heterocycles. The highest BCUT2D eigenvalue weighted by atomic mass is 127. The maximum atomic E-state index is 12.0. The van der Waals surface area contributed by atoms with Crippen LogP contribution < -0.4 is 0 Å². The van der Waals surface area contributed by atoms with Gasteiger partial charge in [0.15, 0.2) is 0 Å². The first-order chi connectivity index (χ1) is 9.83. The van der Waals surface area contributed by atoms with Gasteiger partial charge in [-0.3, -0.25) is 4.79 Å². The zero-order valence-corrected chi connectivity index (χ0v) is 14.8. The van der Waals surface area contributed by atoms with E-state index in [0.717, 1.165) is 38.5 Å². The summed E-state index contributed by atoms with van der Waals surface area (Å²) in [6, 6.07) is 0. The molecule has 4 saturated carbocycles. The van der Waals surface area contributed by atoms with Crippen molar-refractivity contribution in [1.29, 1.82) is 0 Å². The SMILES string of the molecule is CCC(I)C(=O)OCC12CC3CC(O)(CC(CO)(C3)C1)C2. The second-order valence-corrected chi connectivity index (χ2v) is 9.38. The van der Waals surface area contributed by atoms with Crippen molar-refractivity contribution in [2.24, 2.45) is 16.7 Å². The van der Waals surface area contributed by atoms with Crippen LogP contribution in [0, 0.1) is 16.7 Å². The molecule has 4 aliphatic rings. The molecule has 4 nitrogen and oxygen atoms in total. The Kier molecular flexibility index (Phi) is 4.07. The van der Waals surface area contributed by atoms with Gasteiger partial charge in [-0.05, 0) is 56.3 Å². The van der Waals surface area contributed by atoms with Gasteiger partial charge in [0, 0.05) is 12.0 Å². The van der Waals surface area contributed by atoms with E-state index in [1.165, 1.54) is 0 Å². The number of carbonyl (C=O) groups is 1. The van der Waals surface area contributed by atoms with Crippen molar-refractivity contribution < 1.29 is 19.7 Å². The largest absolute Gasteiger partial charge is 0.464 e. The van der Waals surface area contributed by atoms with Crippen molar-refractivity contribution in [2.45, 2.75) is 61.4 Å². The molecule has 5 heteroatoms. The number of rotatable bonds is 5. The van der Waals surface area contributed by atoms with E-state index in [1.54, 1.807) is 0 Å². The highest BCUT2D eigenvalue weighted by molar-refractivity contribution is 14.1. The number of ether oxygens (including phenoxy) is 1. The second kappa shape index (κ2) is 5.34. The summed E-state index contributed by atoms with van der Waals surface area (Å²) in [6.07, 6.45) is 6.01. The van der Waals surface area contributed by atoms with Gasteiger partial charge in [0.2, 0.25) is 0 Å². The zero-order chi connectivity index (χ0) is 15.3. The van der Waals surface area contributed by atoms with Crippen molar-refractivity contribution in [3.05, 3.63) is 0 Å². The van der Waals surface area contributed by atoms with Crippen LogP contribution in [0.1, 0.15) is 51.9 Å². The molecule has 0 amide bonds. The molecule has 0 radical (unpaired) electrons. The van der Waals surface area contributed by atoms with Crippen molar-refractivity contribution in [3.8, 4) is 0 Å². The van der Waals surface area contributed by atoms with Gasteiger partial charge in [-0.2, -0.15) is 0 Å². The normalized spacial score (nSPS) is 45.6. The molecule has 0 aliphatic heterocycles. The minimum Gasteiger partial charge on any atom is -0.464 e. The Hall–Kier alpha value is 0.120. The van der Waals surface area contributed by atoms with Gasteiger partial charge < -0.3 is 14.9 Å². The van der Waals surface area contributed by atoms with Crippen LogP contribution in [0.4, 0.5) is 0 Å². The van der Waals surface area contributed by atoms with E-state index in [0.29, 0.717) is 18.9 Å². The first-order valence-corrected chi connectivity index (χ1v) is 9.22. The van der Waals surface area contributed by atoms with E-state index < -0.39 is 5.60 Å². The summed E-state index contributed by atoms with van der Waals surface area (Å²) >= 11 is 2.12. The Morgan fingerprint density at radius 1 is 1.29 bits per heavy atom. The summed E-state index contributed by atoms with van der Waals surface area (Å²) in [4.78, 5) is 12.0. The molecule has 4 aliphatic carbocycles. The Morgan fingerprint density at radius 2 is 1.95 bits per heavy atom. The van der Waals surface area contributed by atoms with Crippen molar-refractivity contribution in [3.63, 3.8) is 0 Å². The Morgan fingerprint density at radius 3 is 2.57 bits per heavy atom. The molecule has 4 rings (SSSR count). The first kappa shape index (κ1) is 16.0. The number of carbonyl (C=O) groups excluding carboxylic acids is 1. The highest BCUT2D eigenvalue weighted by Gasteiger charge is 2.63. The van der Waals surface area contributed by atoms with E-state index in [1.807, 2.05) is 6.92 Å². The van der Waals surface area contributed by atoms with Crippen molar-refractivity contribution in [2.75, 3.05) is 13.2 Å². The van der Waals surface area contributed by atoms with E-state index in [4.69, 9.17) is 4.74 Å². The molecule has 4 bridgehead atoms. The fourth-order valence-corrected chi connectivity index (χ4v) is 5.79. The average Bonchev–Trinajstić information content (AvgIpc) is 2.41. The molecule has 2 N–H and O–H groups in total. The molecule has 0 heterocycles. The predicted octanol–water partition coefficient (Wildman–Crippen LogP) is 2.44. The highest BCUT2D eigenvalue weighted by Crippen LogP contribution is 2.66. The first-order valence-electron chi connectivity index (χ1n) is 7.97. The van der Waals surface area contributed by atoms with Crippen molar-refractivity contribution >= 4 is 28.6 Å². The molecule has 5 unspecified atom stereocenters. The number of hydrogen-bond donors (Lipinski definition) is 2. The fraction of sp³-hybridized carbons (Fsp3) is 0.938. The summed E-state index contributed by atoms with van der Waals surface area (Å²) in [5, 5.41) is 20.7. The Bertz CT molecular complexity index is 442. The van der Waals surface area contributed by atoms with Gasteiger partial charge in [-0.1, -0.05) is 29.5 Å². The summed E-state index contributed by atoms with van der Waals surface area (Å²) in [5.41, 5.74) is -0.908. The molecule has 21 heavy (non-hydrogen) atoms. The molecular formula is C16H25IO4. The molecule has 0 aromatic carbocycles. The minimum absolute atomic E-state index is 0.0913. The summed E-state index contributed by atoms with van der Waals surface area (Å²) in [5.74, 6) is 0.331. The minimum atomic E-state index is -0.650. The fourth-order valence-electron chi connectivity index (χ4n) is 5.61. The third-order valence-electron chi connectivity index (χ3n) is 5.74. The van der Waals surface area contributed by atoms with Crippen LogP contribution in [-0.4, -0.2) is 38.9 Å². The van der Waals surface area contributed by atoms with Crippen LogP contribution in [0.3, 0.4) is 0 Å². The van der Waals surface area contributed by atoms with Crippen LogP contribution in [-0.2, 0) is 9.53 Å². The molecule has 0 aromatic heterocycles. The van der Waals surface area contributed by atoms with Gasteiger partial charge in [0.25, 0.3) is 0 Å². The number of aliphatic hydroxyl groups is 2. The lowest BCUT2D eigenvalue weighted by molar-refractivity contribution is -0.222. The monoisotopic (exact) mass is 408 g/mol. The lowest BCUT2D eigenvalue weighted by Gasteiger charge is -2.64. The number of alkyl halides is 1. The summed E-state index contributed by atoms with van der Waals surface area (Å²) < 4.78 is 5.48. The average molecular weight is 408 g/mol. The molecule has 120 valence electrons. The smallest absolute Gasteiger partial charge is 0.318 e. The second-order valence-electron chi connectivity index (χ2n) is 7.87. The number of hydrogen-bond acceptors (Lipinski definition) is 4. The van der Waals surface area contributed by atoms with Crippen molar-refractivity contribution in [1.82, 2.24) is 0 Å². The molecule has 0 aromatic rings. The topological polar surface area (TPSA) is 66.8 Å². The molecule has 4 fully saturated rings. The van der Waals surface area contributed by atoms with Gasteiger partial charge in [0.05, 0.1) is 12.2 Å². The van der Waals surface area contributed by atoms with Gasteiger partial charge in [-0.15, -0.1) is 0 Å². The van der Waals surface area contributed by atoms with E-state index >= 15 is 0 Å². The quantitative estimate of drug-likeness (QED) is 0.417. The maximum Gasteiger partial charge on any atom is 0.318 e. The van der Waals surface area contributed by atoms with E-state index in [-0.39, 0.29) is 27.3 Å². The molecule has 0 spiro atoms. The van der Waals surface area contributed by atoms with Gasteiger partial charge in [-0.25, -0.2) is 0 Å². The number of esters is 1. The van der Waals surface area contributed by atoms with Crippen LogP contribution in [0.15, 0.2) is 0 Å². The summed E-state index contributed by atoms with van der Waals surface area (Å²) in [7, 11) is 0. The number of aliphatic hydroxyl groups excluding tert-OH is 1. The van der Waals surface area contributed by atoms with Gasteiger partial charge >= 0.3 is 5.97 Å². The third kappa shape index (κ3) is 2.85.